The number of hydrogen-bond acceptors (Lipinski definition) is 5. The summed E-state index contributed by atoms with van der Waals surface area (Å²) in [5, 5.41) is 4.02. The molecule has 2 aromatic carbocycles. The van der Waals surface area contributed by atoms with E-state index in [9.17, 15) is 4.79 Å². The molecule has 0 N–H and O–H groups in total. The van der Waals surface area contributed by atoms with Crippen LogP contribution in [0.15, 0.2) is 59.1 Å². The summed E-state index contributed by atoms with van der Waals surface area (Å²) in [6.45, 7) is 0.673. The average molecular weight is 378 g/mol. The Kier molecular flexibility index (Phi) is 5.02. The van der Waals surface area contributed by atoms with Crippen LogP contribution >= 0.6 is 0 Å². The van der Waals surface area contributed by atoms with Crippen molar-refractivity contribution in [2.24, 2.45) is 0 Å². The van der Waals surface area contributed by atoms with E-state index < -0.39 is 0 Å². The number of aromatic nitrogens is 1. The first-order valence-electron chi connectivity index (χ1n) is 9.26. The molecule has 0 bridgehead atoms. The van der Waals surface area contributed by atoms with Gasteiger partial charge in [-0.3, -0.25) is 4.79 Å². The number of likely N-dealkylation sites (tertiary alicyclic amines) is 1. The molecule has 1 saturated heterocycles. The Labute approximate surface area is 163 Å². The van der Waals surface area contributed by atoms with Crippen molar-refractivity contribution in [2.75, 3.05) is 20.8 Å². The summed E-state index contributed by atoms with van der Waals surface area (Å²) >= 11 is 0. The smallest absolute Gasteiger partial charge is 0.276 e. The highest BCUT2D eigenvalue weighted by molar-refractivity contribution is 5.93. The van der Waals surface area contributed by atoms with Crippen LogP contribution in [0.25, 0.3) is 11.3 Å². The highest BCUT2D eigenvalue weighted by Gasteiger charge is 2.34. The average Bonchev–Trinajstić information content (AvgIpc) is 3.43. The summed E-state index contributed by atoms with van der Waals surface area (Å²) < 4.78 is 16.2. The fourth-order valence-corrected chi connectivity index (χ4v) is 3.69. The number of hydrogen-bond donors (Lipinski definition) is 0. The van der Waals surface area contributed by atoms with E-state index in [1.54, 1.807) is 20.3 Å². The van der Waals surface area contributed by atoms with Crippen molar-refractivity contribution >= 4 is 5.91 Å². The molecule has 144 valence electrons. The Morgan fingerprint density at radius 1 is 1.11 bits per heavy atom. The second kappa shape index (κ2) is 7.76. The molecule has 0 saturated carbocycles. The molecule has 6 nitrogen and oxygen atoms in total. The van der Waals surface area contributed by atoms with Gasteiger partial charge in [0, 0.05) is 29.8 Å². The van der Waals surface area contributed by atoms with Gasteiger partial charge in [-0.2, -0.15) is 0 Å². The number of benzene rings is 2. The highest BCUT2D eigenvalue weighted by Crippen LogP contribution is 2.39. The van der Waals surface area contributed by atoms with Gasteiger partial charge in [0.15, 0.2) is 11.5 Å². The van der Waals surface area contributed by atoms with E-state index in [0.717, 1.165) is 29.7 Å². The summed E-state index contributed by atoms with van der Waals surface area (Å²) in [6.07, 6.45) is 1.80. The monoisotopic (exact) mass is 378 g/mol. The van der Waals surface area contributed by atoms with Crippen LogP contribution in [0.4, 0.5) is 0 Å². The van der Waals surface area contributed by atoms with Gasteiger partial charge in [-0.25, -0.2) is 0 Å². The van der Waals surface area contributed by atoms with E-state index in [2.05, 4.69) is 5.16 Å². The molecule has 1 unspecified atom stereocenters. The zero-order chi connectivity index (χ0) is 19.5. The van der Waals surface area contributed by atoms with Gasteiger partial charge in [-0.1, -0.05) is 35.5 Å². The molecule has 3 aromatic rings. The second-order valence-corrected chi connectivity index (χ2v) is 6.71. The zero-order valence-electron chi connectivity index (χ0n) is 15.9. The molecule has 1 aliphatic rings. The molecule has 1 aromatic heterocycles. The van der Waals surface area contributed by atoms with Crippen molar-refractivity contribution in [3.63, 3.8) is 0 Å². The van der Waals surface area contributed by atoms with Crippen LogP contribution in [0.1, 0.15) is 34.9 Å². The third-order valence-electron chi connectivity index (χ3n) is 5.10. The van der Waals surface area contributed by atoms with Gasteiger partial charge in [0.1, 0.15) is 11.5 Å². The maximum Gasteiger partial charge on any atom is 0.276 e. The minimum absolute atomic E-state index is 0.0646. The molecule has 0 spiro atoms. The predicted molar refractivity (Wildman–Crippen MR) is 104 cm³/mol. The lowest BCUT2D eigenvalue weighted by atomic mass is 10.0. The number of nitrogens with zero attached hydrogens (tertiary/aromatic N) is 2. The van der Waals surface area contributed by atoms with E-state index in [1.807, 2.05) is 53.4 Å². The van der Waals surface area contributed by atoms with Crippen LogP contribution in [0, 0.1) is 0 Å². The third kappa shape index (κ3) is 3.33. The summed E-state index contributed by atoms with van der Waals surface area (Å²) in [7, 11) is 3.25. The quantitative estimate of drug-likeness (QED) is 0.661. The Morgan fingerprint density at radius 2 is 1.93 bits per heavy atom. The molecule has 0 radical (unpaired) electrons. The maximum atomic E-state index is 13.1. The Morgan fingerprint density at radius 3 is 2.68 bits per heavy atom. The summed E-state index contributed by atoms with van der Waals surface area (Å²) in [6, 6.07) is 17.0. The molecule has 0 aliphatic carbocycles. The zero-order valence-corrected chi connectivity index (χ0v) is 15.9. The number of carbonyl (C=O) groups is 1. The molecule has 28 heavy (non-hydrogen) atoms. The molecular formula is C22H22N2O4. The SMILES string of the molecule is COc1ccc(C2CCCN2C(=O)c2cc(-c3ccccc3)on2)c(OC)c1. The van der Waals surface area contributed by atoms with E-state index in [4.69, 9.17) is 14.0 Å². The molecule has 1 amide bonds. The van der Waals surface area contributed by atoms with Crippen LogP contribution in [0.5, 0.6) is 11.5 Å². The molecule has 2 heterocycles. The number of carbonyl (C=O) groups excluding carboxylic acids is 1. The Balaban J connectivity index is 1.60. The van der Waals surface area contributed by atoms with E-state index in [1.165, 1.54) is 0 Å². The summed E-state index contributed by atoms with van der Waals surface area (Å²) in [4.78, 5) is 15.0. The van der Waals surface area contributed by atoms with Gasteiger partial charge < -0.3 is 18.9 Å². The molecular weight excluding hydrogens is 356 g/mol. The normalized spacial score (nSPS) is 16.2. The lowest BCUT2D eigenvalue weighted by molar-refractivity contribution is 0.0723. The minimum Gasteiger partial charge on any atom is -0.497 e. The summed E-state index contributed by atoms with van der Waals surface area (Å²) in [5.74, 6) is 1.89. The number of ether oxygens (including phenoxy) is 2. The number of amides is 1. The first-order chi connectivity index (χ1) is 13.7. The van der Waals surface area contributed by atoms with Crippen molar-refractivity contribution in [3.05, 3.63) is 65.9 Å². The van der Waals surface area contributed by atoms with Crippen molar-refractivity contribution in [1.82, 2.24) is 10.1 Å². The maximum absolute atomic E-state index is 13.1. The number of rotatable bonds is 5. The van der Waals surface area contributed by atoms with Crippen molar-refractivity contribution < 1.29 is 18.8 Å². The summed E-state index contributed by atoms with van der Waals surface area (Å²) in [5.41, 5.74) is 2.18. The van der Waals surface area contributed by atoms with E-state index >= 15 is 0 Å². The topological polar surface area (TPSA) is 64.8 Å². The van der Waals surface area contributed by atoms with Gasteiger partial charge in [0.25, 0.3) is 5.91 Å². The van der Waals surface area contributed by atoms with Gasteiger partial charge >= 0.3 is 0 Å². The molecule has 4 rings (SSSR count). The standard InChI is InChI=1S/C22H22N2O4/c1-26-16-10-11-17(21(13-16)27-2)19-9-6-12-24(19)22(25)18-14-20(28-23-18)15-7-4-3-5-8-15/h3-5,7-8,10-11,13-14,19H,6,9,12H2,1-2H3. The predicted octanol–water partition coefficient (Wildman–Crippen LogP) is 4.34. The van der Waals surface area contributed by atoms with Crippen molar-refractivity contribution in [2.45, 2.75) is 18.9 Å². The fraction of sp³-hybridized carbons (Fsp3) is 0.273. The van der Waals surface area contributed by atoms with Gasteiger partial charge in [0.05, 0.1) is 20.3 Å². The molecule has 1 atom stereocenters. The highest BCUT2D eigenvalue weighted by atomic mass is 16.5. The number of methoxy groups -OCH3 is 2. The fourth-order valence-electron chi connectivity index (χ4n) is 3.69. The van der Waals surface area contributed by atoms with Crippen LogP contribution in [-0.2, 0) is 0 Å². The Hall–Kier alpha value is -3.28. The van der Waals surface area contributed by atoms with Gasteiger partial charge in [-0.15, -0.1) is 0 Å². The Bertz CT molecular complexity index is 968. The van der Waals surface area contributed by atoms with Gasteiger partial charge in [-0.05, 0) is 25.0 Å². The lowest BCUT2D eigenvalue weighted by Crippen LogP contribution is -2.31. The van der Waals surface area contributed by atoms with Crippen LogP contribution < -0.4 is 9.47 Å². The largest absolute Gasteiger partial charge is 0.497 e. The van der Waals surface area contributed by atoms with Gasteiger partial charge in [0.2, 0.25) is 0 Å². The van der Waals surface area contributed by atoms with E-state index in [-0.39, 0.29) is 11.9 Å². The van der Waals surface area contributed by atoms with Crippen LogP contribution in [-0.4, -0.2) is 36.7 Å². The third-order valence-corrected chi connectivity index (χ3v) is 5.10. The van der Waals surface area contributed by atoms with Crippen molar-refractivity contribution in [1.29, 1.82) is 0 Å². The lowest BCUT2D eigenvalue weighted by Gasteiger charge is -2.25. The minimum atomic E-state index is -0.133. The molecule has 1 fully saturated rings. The van der Waals surface area contributed by atoms with Crippen LogP contribution in [0.3, 0.4) is 0 Å². The van der Waals surface area contributed by atoms with Crippen molar-refractivity contribution in [3.8, 4) is 22.8 Å². The van der Waals surface area contributed by atoms with Crippen LogP contribution in [0.2, 0.25) is 0 Å². The first-order valence-corrected chi connectivity index (χ1v) is 9.26. The molecule has 6 heteroatoms. The van der Waals surface area contributed by atoms with E-state index in [0.29, 0.717) is 23.7 Å². The molecule has 1 aliphatic heterocycles. The second-order valence-electron chi connectivity index (χ2n) is 6.71. The first kappa shape index (κ1) is 18.1.